The molecule has 1 N–H and O–H groups in total. The molecule has 2 aliphatic rings. The molecule has 1 aromatic heterocycles. The number of esters is 1. The zero-order chi connectivity index (χ0) is 26.6. The number of carbonyl (C=O) groups excluding carboxylic acids is 2. The van der Waals surface area contributed by atoms with Crippen LogP contribution in [0.1, 0.15) is 76.0 Å². The zero-order valence-corrected chi connectivity index (χ0v) is 21.6. The highest BCUT2D eigenvalue weighted by Gasteiger charge is 2.40. The molecule has 0 radical (unpaired) electrons. The number of pyridine rings is 1. The fourth-order valence-electron chi connectivity index (χ4n) is 4.92. The standard InChI is InChI=1S/C26H33F2N3O5/c1-7-35-23(33)18-14(2)31(15-8-9-15)20-16(22(18)32)12-17(27)21(19(20)28)30-11-10-26(6,13-30)29-24(34)36-25(3,4)5/h12,15H,7-11,13H2,1-6H3,(H,29,34). The number of ether oxygens (including phenoxy) is 2. The number of nitrogens with one attached hydrogen (secondary N) is 1. The predicted molar refractivity (Wildman–Crippen MR) is 132 cm³/mol. The summed E-state index contributed by atoms with van der Waals surface area (Å²) in [5, 5.41) is 2.63. The third-order valence-corrected chi connectivity index (χ3v) is 6.59. The minimum absolute atomic E-state index is 0.0156. The number of halogens is 2. The first kappa shape index (κ1) is 25.9. The van der Waals surface area contributed by atoms with Crippen LogP contribution in [0, 0.1) is 18.6 Å². The quantitative estimate of drug-likeness (QED) is 0.598. The Morgan fingerprint density at radius 3 is 2.50 bits per heavy atom. The summed E-state index contributed by atoms with van der Waals surface area (Å²) in [5.74, 6) is -2.56. The largest absolute Gasteiger partial charge is 0.462 e. The maximum Gasteiger partial charge on any atom is 0.408 e. The van der Waals surface area contributed by atoms with Gasteiger partial charge in [-0.1, -0.05) is 0 Å². The molecule has 2 heterocycles. The van der Waals surface area contributed by atoms with Crippen LogP contribution < -0.4 is 15.6 Å². The van der Waals surface area contributed by atoms with Gasteiger partial charge >= 0.3 is 12.1 Å². The van der Waals surface area contributed by atoms with Gasteiger partial charge in [-0.3, -0.25) is 4.79 Å². The Balaban J connectivity index is 1.77. The molecule has 1 amide bonds. The molecule has 0 spiro atoms. The lowest BCUT2D eigenvalue weighted by atomic mass is 10.0. The van der Waals surface area contributed by atoms with Gasteiger partial charge < -0.3 is 24.3 Å². The summed E-state index contributed by atoms with van der Waals surface area (Å²) < 4.78 is 43.6. The Hall–Kier alpha value is -3.17. The summed E-state index contributed by atoms with van der Waals surface area (Å²) in [4.78, 5) is 39.6. The number of amides is 1. The van der Waals surface area contributed by atoms with E-state index >= 15 is 8.78 Å². The Kier molecular flexibility index (Phi) is 6.51. The SMILES string of the molecule is CCOC(=O)c1c(C)n(C2CC2)c2c(F)c(N3CCC(C)(NC(=O)OC(C)(C)C)C3)c(F)cc2c1=O. The molecule has 36 heavy (non-hydrogen) atoms. The molecule has 1 aromatic carbocycles. The van der Waals surface area contributed by atoms with Crippen molar-refractivity contribution < 1.29 is 27.8 Å². The Bertz CT molecular complexity index is 1300. The molecule has 1 aliphatic carbocycles. The van der Waals surface area contributed by atoms with Crippen LogP contribution in [0.4, 0.5) is 19.3 Å². The van der Waals surface area contributed by atoms with E-state index in [-0.39, 0.29) is 41.3 Å². The molecular weight excluding hydrogens is 472 g/mol. The summed E-state index contributed by atoms with van der Waals surface area (Å²) in [5.41, 5.74) is -2.36. The van der Waals surface area contributed by atoms with E-state index in [1.807, 2.05) is 0 Å². The van der Waals surface area contributed by atoms with Crippen molar-refractivity contribution in [3.8, 4) is 0 Å². The van der Waals surface area contributed by atoms with Crippen molar-refractivity contribution in [1.82, 2.24) is 9.88 Å². The van der Waals surface area contributed by atoms with Crippen LogP contribution >= 0.6 is 0 Å². The number of hydrogen-bond donors (Lipinski definition) is 1. The topological polar surface area (TPSA) is 89.9 Å². The molecule has 196 valence electrons. The van der Waals surface area contributed by atoms with Gasteiger partial charge in [0, 0.05) is 24.8 Å². The smallest absolute Gasteiger partial charge is 0.408 e. The van der Waals surface area contributed by atoms with Gasteiger partial charge in [0.25, 0.3) is 0 Å². The van der Waals surface area contributed by atoms with Gasteiger partial charge in [0.1, 0.15) is 22.7 Å². The van der Waals surface area contributed by atoms with Crippen LogP contribution in [0.25, 0.3) is 10.9 Å². The summed E-state index contributed by atoms with van der Waals surface area (Å²) in [7, 11) is 0. The molecule has 1 aliphatic heterocycles. The van der Waals surface area contributed by atoms with E-state index in [2.05, 4.69) is 5.32 Å². The molecule has 2 aromatic rings. The monoisotopic (exact) mass is 505 g/mol. The van der Waals surface area contributed by atoms with Gasteiger partial charge in [0.05, 0.1) is 23.0 Å². The summed E-state index contributed by atoms with van der Waals surface area (Å²) in [6.45, 7) is 10.8. The molecule has 2 fully saturated rings. The van der Waals surface area contributed by atoms with Crippen LogP contribution in [0.3, 0.4) is 0 Å². The molecule has 1 atom stereocenters. The second-order valence-electron chi connectivity index (χ2n) is 10.9. The van der Waals surface area contributed by atoms with Gasteiger partial charge in [0.15, 0.2) is 5.82 Å². The second kappa shape index (κ2) is 9.05. The van der Waals surface area contributed by atoms with Crippen molar-refractivity contribution in [2.75, 3.05) is 24.6 Å². The maximum atomic E-state index is 16.1. The number of carbonyl (C=O) groups is 2. The highest BCUT2D eigenvalue weighted by atomic mass is 19.1. The van der Waals surface area contributed by atoms with Crippen LogP contribution in [0.2, 0.25) is 0 Å². The van der Waals surface area contributed by atoms with Gasteiger partial charge in [-0.2, -0.15) is 0 Å². The Labute approximate surface area is 208 Å². The van der Waals surface area contributed by atoms with E-state index in [1.54, 1.807) is 46.1 Å². The number of alkyl carbamates (subject to hydrolysis) is 1. The summed E-state index contributed by atoms with van der Waals surface area (Å²) in [6, 6.07) is 0.917. The summed E-state index contributed by atoms with van der Waals surface area (Å²) in [6.07, 6.45) is 1.36. The fourth-order valence-corrected chi connectivity index (χ4v) is 4.92. The number of anilines is 1. The highest BCUT2D eigenvalue weighted by molar-refractivity contribution is 5.96. The van der Waals surface area contributed by atoms with Crippen LogP contribution in [0.5, 0.6) is 0 Å². The van der Waals surface area contributed by atoms with Gasteiger partial charge in [-0.25, -0.2) is 18.4 Å². The second-order valence-corrected chi connectivity index (χ2v) is 10.9. The van der Waals surface area contributed by atoms with Crippen molar-refractivity contribution in [3.05, 3.63) is 39.2 Å². The van der Waals surface area contributed by atoms with Crippen molar-refractivity contribution in [2.45, 2.75) is 78.0 Å². The number of fused-ring (bicyclic) bond motifs is 1. The van der Waals surface area contributed by atoms with Crippen LogP contribution in [0.15, 0.2) is 10.9 Å². The average Bonchev–Trinajstić information content (AvgIpc) is 3.50. The number of hydrogen-bond acceptors (Lipinski definition) is 6. The van der Waals surface area contributed by atoms with Crippen molar-refractivity contribution in [1.29, 1.82) is 0 Å². The summed E-state index contributed by atoms with van der Waals surface area (Å²) >= 11 is 0. The minimum atomic E-state index is -0.903. The normalized spacial score (nSPS) is 20.1. The molecule has 1 unspecified atom stereocenters. The van der Waals surface area contributed by atoms with Gasteiger partial charge in [-0.05, 0) is 66.9 Å². The van der Waals surface area contributed by atoms with Crippen LogP contribution in [-0.2, 0) is 9.47 Å². The average molecular weight is 506 g/mol. The van der Waals surface area contributed by atoms with E-state index < -0.39 is 40.3 Å². The Morgan fingerprint density at radius 1 is 1.25 bits per heavy atom. The fraction of sp³-hybridized carbons (Fsp3) is 0.577. The highest BCUT2D eigenvalue weighted by Crippen LogP contribution is 2.42. The molecule has 8 nitrogen and oxygen atoms in total. The van der Waals surface area contributed by atoms with E-state index in [0.717, 1.165) is 18.9 Å². The lowest BCUT2D eigenvalue weighted by Crippen LogP contribution is -2.49. The number of nitrogens with zero attached hydrogens (tertiary/aromatic N) is 2. The van der Waals surface area contributed by atoms with Gasteiger partial charge in [-0.15, -0.1) is 0 Å². The molecule has 1 saturated carbocycles. The molecular formula is C26H33F2N3O5. The third kappa shape index (κ3) is 4.77. The number of benzene rings is 1. The van der Waals surface area contributed by atoms with Crippen molar-refractivity contribution in [2.24, 2.45) is 0 Å². The van der Waals surface area contributed by atoms with E-state index in [4.69, 9.17) is 9.47 Å². The zero-order valence-electron chi connectivity index (χ0n) is 21.6. The van der Waals surface area contributed by atoms with Crippen molar-refractivity contribution in [3.63, 3.8) is 0 Å². The molecule has 4 rings (SSSR count). The van der Waals surface area contributed by atoms with Crippen molar-refractivity contribution >= 4 is 28.7 Å². The predicted octanol–water partition coefficient (Wildman–Crippen LogP) is 4.59. The first-order valence-electron chi connectivity index (χ1n) is 12.3. The van der Waals surface area contributed by atoms with Crippen LogP contribution in [-0.4, -0.2) is 47.5 Å². The van der Waals surface area contributed by atoms with Gasteiger partial charge in [0.2, 0.25) is 5.43 Å². The molecule has 10 heteroatoms. The number of aromatic nitrogens is 1. The molecule has 0 bridgehead atoms. The lowest BCUT2D eigenvalue weighted by Gasteiger charge is -2.29. The van der Waals surface area contributed by atoms with E-state index in [0.29, 0.717) is 18.7 Å². The first-order valence-corrected chi connectivity index (χ1v) is 12.3. The third-order valence-electron chi connectivity index (χ3n) is 6.59. The van der Waals surface area contributed by atoms with E-state index in [1.165, 1.54) is 4.90 Å². The Morgan fingerprint density at radius 2 is 1.92 bits per heavy atom. The van der Waals surface area contributed by atoms with E-state index in [9.17, 15) is 14.4 Å². The first-order chi connectivity index (χ1) is 16.8. The minimum Gasteiger partial charge on any atom is -0.462 e. The molecule has 1 saturated heterocycles. The maximum absolute atomic E-state index is 16.1. The lowest BCUT2D eigenvalue weighted by molar-refractivity contribution is 0.0471. The number of rotatable bonds is 5.